The topological polar surface area (TPSA) is 48.9 Å². The maximum Gasteiger partial charge on any atom is 0.191 e. The van der Waals surface area contributed by atoms with Crippen molar-refractivity contribution in [2.24, 2.45) is 16.8 Å². The minimum atomic E-state index is 0.584. The van der Waals surface area contributed by atoms with Gasteiger partial charge in [-0.25, -0.2) is 0 Å². The molecule has 2 fully saturated rings. The van der Waals surface area contributed by atoms with Gasteiger partial charge in [-0.05, 0) is 25.2 Å². The van der Waals surface area contributed by atoms with Gasteiger partial charge in [-0.3, -0.25) is 9.89 Å². The van der Waals surface area contributed by atoms with E-state index in [0.717, 1.165) is 57.8 Å². The third kappa shape index (κ3) is 5.29. The SMILES string of the molecule is CCNC(=NCC(C)CN1CCOCC1)NC1CC1C. The second-order valence-corrected chi connectivity index (χ2v) is 6.20. The Kier molecular flexibility index (Phi) is 6.10. The van der Waals surface area contributed by atoms with Gasteiger partial charge in [0.15, 0.2) is 5.96 Å². The van der Waals surface area contributed by atoms with E-state index in [1.54, 1.807) is 0 Å². The van der Waals surface area contributed by atoms with Crippen LogP contribution in [-0.4, -0.2) is 62.8 Å². The van der Waals surface area contributed by atoms with Crippen molar-refractivity contribution in [2.75, 3.05) is 45.9 Å². The number of hydrogen-bond donors (Lipinski definition) is 2. The zero-order valence-electron chi connectivity index (χ0n) is 13.2. The van der Waals surface area contributed by atoms with E-state index in [4.69, 9.17) is 9.73 Å². The normalized spacial score (nSPS) is 29.1. The van der Waals surface area contributed by atoms with Crippen LogP contribution in [0, 0.1) is 11.8 Å². The van der Waals surface area contributed by atoms with Gasteiger partial charge >= 0.3 is 0 Å². The molecule has 0 radical (unpaired) electrons. The fraction of sp³-hybridized carbons (Fsp3) is 0.933. The number of hydrogen-bond acceptors (Lipinski definition) is 3. The van der Waals surface area contributed by atoms with E-state index in [-0.39, 0.29) is 0 Å². The average Bonchev–Trinajstić information content (AvgIpc) is 3.13. The Morgan fingerprint density at radius 1 is 1.40 bits per heavy atom. The van der Waals surface area contributed by atoms with Gasteiger partial charge in [0, 0.05) is 38.8 Å². The minimum absolute atomic E-state index is 0.584. The Labute approximate surface area is 123 Å². The van der Waals surface area contributed by atoms with Crippen molar-refractivity contribution in [3.63, 3.8) is 0 Å². The Morgan fingerprint density at radius 3 is 2.70 bits per heavy atom. The molecule has 2 aliphatic rings. The average molecular weight is 282 g/mol. The van der Waals surface area contributed by atoms with Crippen molar-refractivity contribution in [3.05, 3.63) is 0 Å². The monoisotopic (exact) mass is 282 g/mol. The summed E-state index contributed by atoms with van der Waals surface area (Å²) in [7, 11) is 0. The molecule has 1 saturated carbocycles. The summed E-state index contributed by atoms with van der Waals surface area (Å²) in [5, 5.41) is 6.84. The second-order valence-electron chi connectivity index (χ2n) is 6.20. The summed E-state index contributed by atoms with van der Waals surface area (Å²) in [6.07, 6.45) is 1.27. The molecule has 1 heterocycles. The molecule has 116 valence electrons. The van der Waals surface area contributed by atoms with Gasteiger partial charge < -0.3 is 15.4 Å². The quantitative estimate of drug-likeness (QED) is 0.562. The van der Waals surface area contributed by atoms with Gasteiger partial charge in [0.1, 0.15) is 0 Å². The summed E-state index contributed by atoms with van der Waals surface area (Å²) < 4.78 is 5.38. The molecule has 5 nitrogen and oxygen atoms in total. The largest absolute Gasteiger partial charge is 0.379 e. The van der Waals surface area contributed by atoms with Crippen LogP contribution in [0.25, 0.3) is 0 Å². The maximum absolute atomic E-state index is 5.38. The smallest absolute Gasteiger partial charge is 0.191 e. The highest BCUT2D eigenvalue weighted by atomic mass is 16.5. The Bertz CT molecular complexity index is 315. The minimum Gasteiger partial charge on any atom is -0.379 e. The van der Waals surface area contributed by atoms with Crippen LogP contribution in [0.2, 0.25) is 0 Å². The first-order chi connectivity index (χ1) is 9.69. The molecule has 0 amide bonds. The molecular formula is C15H30N4O. The number of morpholine rings is 1. The number of guanidine groups is 1. The number of rotatable bonds is 6. The van der Waals surface area contributed by atoms with Crippen LogP contribution in [0.3, 0.4) is 0 Å². The van der Waals surface area contributed by atoms with E-state index in [1.165, 1.54) is 6.42 Å². The molecule has 0 aromatic rings. The maximum atomic E-state index is 5.38. The van der Waals surface area contributed by atoms with Crippen LogP contribution in [0.5, 0.6) is 0 Å². The van der Waals surface area contributed by atoms with Crippen LogP contribution in [0.4, 0.5) is 0 Å². The summed E-state index contributed by atoms with van der Waals surface area (Å²) in [4.78, 5) is 7.21. The lowest BCUT2D eigenvalue weighted by atomic mass is 10.1. The number of ether oxygens (including phenoxy) is 1. The number of nitrogens with zero attached hydrogens (tertiary/aromatic N) is 2. The van der Waals surface area contributed by atoms with Gasteiger partial charge in [-0.1, -0.05) is 13.8 Å². The van der Waals surface area contributed by atoms with Crippen LogP contribution < -0.4 is 10.6 Å². The molecule has 3 unspecified atom stereocenters. The van der Waals surface area contributed by atoms with Gasteiger partial charge in [0.2, 0.25) is 0 Å². The molecular weight excluding hydrogens is 252 g/mol. The van der Waals surface area contributed by atoms with Crippen molar-refractivity contribution in [1.29, 1.82) is 0 Å². The highest BCUT2D eigenvalue weighted by Gasteiger charge is 2.33. The van der Waals surface area contributed by atoms with Gasteiger partial charge in [-0.2, -0.15) is 0 Å². The van der Waals surface area contributed by atoms with Crippen LogP contribution in [-0.2, 0) is 4.74 Å². The molecule has 0 spiro atoms. The Balaban J connectivity index is 1.72. The Hall–Kier alpha value is -0.810. The lowest BCUT2D eigenvalue weighted by Crippen LogP contribution is -2.41. The van der Waals surface area contributed by atoms with E-state index < -0.39 is 0 Å². The fourth-order valence-electron chi connectivity index (χ4n) is 2.55. The first kappa shape index (κ1) is 15.6. The summed E-state index contributed by atoms with van der Waals surface area (Å²) in [6, 6.07) is 0.627. The molecule has 1 saturated heterocycles. The zero-order valence-corrected chi connectivity index (χ0v) is 13.2. The third-order valence-corrected chi connectivity index (χ3v) is 4.01. The van der Waals surface area contributed by atoms with E-state index in [0.29, 0.717) is 12.0 Å². The summed E-state index contributed by atoms with van der Waals surface area (Å²) in [5.74, 6) is 2.36. The zero-order chi connectivity index (χ0) is 14.4. The molecule has 2 rings (SSSR count). The predicted molar refractivity (Wildman–Crippen MR) is 83.1 cm³/mol. The van der Waals surface area contributed by atoms with E-state index >= 15 is 0 Å². The Morgan fingerprint density at radius 2 is 2.10 bits per heavy atom. The van der Waals surface area contributed by atoms with Crippen molar-refractivity contribution in [1.82, 2.24) is 15.5 Å². The van der Waals surface area contributed by atoms with Crippen molar-refractivity contribution in [3.8, 4) is 0 Å². The van der Waals surface area contributed by atoms with Crippen LogP contribution in [0.15, 0.2) is 4.99 Å². The molecule has 1 aliphatic carbocycles. The molecule has 20 heavy (non-hydrogen) atoms. The number of nitrogens with one attached hydrogen (secondary N) is 2. The van der Waals surface area contributed by atoms with E-state index in [2.05, 4.69) is 36.3 Å². The standard InChI is InChI=1S/C15H30N4O/c1-4-16-15(18-14-9-13(14)3)17-10-12(2)11-19-5-7-20-8-6-19/h12-14H,4-11H2,1-3H3,(H2,16,17,18). The first-order valence-electron chi connectivity index (χ1n) is 8.04. The molecule has 0 aromatic heterocycles. The summed E-state index contributed by atoms with van der Waals surface area (Å²) >= 11 is 0. The van der Waals surface area contributed by atoms with Crippen LogP contribution >= 0.6 is 0 Å². The molecule has 5 heteroatoms. The highest BCUT2D eigenvalue weighted by Crippen LogP contribution is 2.28. The van der Waals surface area contributed by atoms with Gasteiger partial charge in [0.25, 0.3) is 0 Å². The van der Waals surface area contributed by atoms with Crippen molar-refractivity contribution in [2.45, 2.75) is 33.2 Å². The highest BCUT2D eigenvalue weighted by molar-refractivity contribution is 5.80. The van der Waals surface area contributed by atoms with Crippen LogP contribution in [0.1, 0.15) is 27.2 Å². The molecule has 2 N–H and O–H groups in total. The van der Waals surface area contributed by atoms with Crippen molar-refractivity contribution < 1.29 is 4.74 Å². The number of aliphatic imine (C=N–C) groups is 1. The predicted octanol–water partition coefficient (Wildman–Crippen LogP) is 0.918. The van der Waals surface area contributed by atoms with Gasteiger partial charge in [0.05, 0.1) is 13.2 Å². The third-order valence-electron chi connectivity index (χ3n) is 4.01. The molecule has 0 bridgehead atoms. The lowest BCUT2D eigenvalue weighted by Gasteiger charge is -2.28. The molecule has 3 atom stereocenters. The second kappa shape index (κ2) is 7.84. The van der Waals surface area contributed by atoms with Crippen molar-refractivity contribution >= 4 is 5.96 Å². The fourth-order valence-corrected chi connectivity index (χ4v) is 2.55. The van der Waals surface area contributed by atoms with E-state index in [9.17, 15) is 0 Å². The summed E-state index contributed by atoms with van der Waals surface area (Å²) in [6.45, 7) is 13.5. The van der Waals surface area contributed by atoms with E-state index in [1.807, 2.05) is 0 Å². The first-order valence-corrected chi connectivity index (χ1v) is 8.04. The summed E-state index contributed by atoms with van der Waals surface area (Å²) in [5.41, 5.74) is 0. The molecule has 0 aromatic carbocycles. The lowest BCUT2D eigenvalue weighted by molar-refractivity contribution is 0.0323. The van der Waals surface area contributed by atoms with Gasteiger partial charge in [-0.15, -0.1) is 0 Å². The molecule has 1 aliphatic heterocycles.